The lowest BCUT2D eigenvalue weighted by Crippen LogP contribution is -2.44. The van der Waals surface area contributed by atoms with Crippen LogP contribution < -0.4 is 15.5 Å². The molecular formula is C19H25N5O2. The molecule has 26 heavy (non-hydrogen) atoms. The maximum atomic E-state index is 11.8. The van der Waals surface area contributed by atoms with Crippen molar-refractivity contribution in [3.63, 3.8) is 0 Å². The molecule has 7 nitrogen and oxygen atoms in total. The van der Waals surface area contributed by atoms with Crippen LogP contribution in [0.5, 0.6) is 0 Å². The van der Waals surface area contributed by atoms with Crippen molar-refractivity contribution in [1.29, 1.82) is 0 Å². The maximum Gasteiger partial charge on any atom is 0.337 e. The number of H-pyrrole nitrogens is 1. The molecule has 138 valence electrons. The highest BCUT2D eigenvalue weighted by molar-refractivity contribution is 6.00. The Labute approximate surface area is 152 Å². The molecule has 2 heterocycles. The normalized spacial score (nSPS) is 28.0. The number of aromatic carboxylic acids is 1. The van der Waals surface area contributed by atoms with Crippen molar-refractivity contribution >= 4 is 28.6 Å². The molecule has 1 aromatic carbocycles. The Hall–Kier alpha value is -2.28. The van der Waals surface area contributed by atoms with Crippen LogP contribution in [0, 0.1) is 11.8 Å². The number of carboxylic acids is 1. The number of carboxylic acid groups (broad SMARTS) is 1. The van der Waals surface area contributed by atoms with Crippen molar-refractivity contribution in [2.45, 2.75) is 31.7 Å². The van der Waals surface area contributed by atoms with Gasteiger partial charge in [0.25, 0.3) is 0 Å². The smallest absolute Gasteiger partial charge is 0.337 e. The van der Waals surface area contributed by atoms with Crippen molar-refractivity contribution in [3.8, 4) is 0 Å². The van der Waals surface area contributed by atoms with E-state index in [9.17, 15) is 9.90 Å². The third-order valence-electron chi connectivity index (χ3n) is 6.35. The van der Waals surface area contributed by atoms with E-state index >= 15 is 0 Å². The third kappa shape index (κ3) is 2.70. The monoisotopic (exact) mass is 355 g/mol. The second-order valence-electron chi connectivity index (χ2n) is 7.94. The number of imidazole rings is 1. The molecule has 2 aliphatic carbocycles. The number of piperazine rings is 1. The first kappa shape index (κ1) is 15.9. The van der Waals surface area contributed by atoms with E-state index in [1.165, 1.54) is 25.7 Å². The van der Waals surface area contributed by atoms with Crippen LogP contribution in [0.25, 0.3) is 11.0 Å². The van der Waals surface area contributed by atoms with E-state index in [4.69, 9.17) is 0 Å². The quantitative estimate of drug-likeness (QED) is 0.672. The molecule has 3 fully saturated rings. The molecule has 1 aromatic heterocycles. The molecule has 2 bridgehead atoms. The number of hydrogen-bond acceptors (Lipinski definition) is 5. The Morgan fingerprint density at radius 3 is 2.77 bits per heavy atom. The minimum atomic E-state index is -0.897. The minimum absolute atomic E-state index is 0.331. The Kier molecular flexibility index (Phi) is 3.77. The number of nitrogens with one attached hydrogen (secondary N) is 3. The summed E-state index contributed by atoms with van der Waals surface area (Å²) in [4.78, 5) is 21.9. The number of rotatable bonds is 4. The summed E-state index contributed by atoms with van der Waals surface area (Å²) in [7, 11) is 0. The van der Waals surface area contributed by atoms with Crippen molar-refractivity contribution < 1.29 is 9.90 Å². The van der Waals surface area contributed by atoms with E-state index < -0.39 is 5.97 Å². The largest absolute Gasteiger partial charge is 0.478 e. The van der Waals surface area contributed by atoms with Crippen molar-refractivity contribution in [2.24, 2.45) is 11.8 Å². The van der Waals surface area contributed by atoms with Gasteiger partial charge in [-0.1, -0.05) is 6.42 Å². The van der Waals surface area contributed by atoms with Gasteiger partial charge in [0.15, 0.2) is 0 Å². The average Bonchev–Trinajstić information content (AvgIpc) is 3.36. The van der Waals surface area contributed by atoms with Crippen LogP contribution >= 0.6 is 0 Å². The summed E-state index contributed by atoms with van der Waals surface area (Å²) in [6.45, 7) is 3.38. The summed E-state index contributed by atoms with van der Waals surface area (Å²) in [5, 5.41) is 16.5. The first-order valence-corrected chi connectivity index (χ1v) is 9.66. The van der Waals surface area contributed by atoms with Gasteiger partial charge < -0.3 is 25.6 Å². The zero-order chi connectivity index (χ0) is 17.7. The fourth-order valence-electron chi connectivity index (χ4n) is 5.05. The molecule has 2 saturated carbocycles. The number of benzene rings is 1. The first-order chi connectivity index (χ1) is 12.7. The molecule has 0 amide bonds. The SMILES string of the molecule is O=C(O)c1cc2nc(NC3CC4CCC3C4)[nH]c2cc1N1CCNCC1. The topological polar surface area (TPSA) is 93.3 Å². The van der Waals surface area contributed by atoms with Crippen LogP contribution in [0.15, 0.2) is 12.1 Å². The number of carbonyl (C=O) groups is 1. The lowest BCUT2D eigenvalue weighted by molar-refractivity contribution is 0.0697. The summed E-state index contributed by atoms with van der Waals surface area (Å²) in [5.74, 6) is 1.51. The molecule has 3 atom stereocenters. The van der Waals surface area contributed by atoms with Gasteiger partial charge in [-0.25, -0.2) is 9.78 Å². The molecule has 0 spiro atoms. The zero-order valence-corrected chi connectivity index (χ0v) is 14.8. The highest BCUT2D eigenvalue weighted by Crippen LogP contribution is 2.45. The number of fused-ring (bicyclic) bond motifs is 3. The molecular weight excluding hydrogens is 330 g/mol. The standard InChI is InChI=1S/C19H25N5O2/c25-18(26)13-9-15-16(10-17(13)24-5-3-20-4-6-24)23-19(22-15)21-14-8-11-1-2-12(14)7-11/h9-12,14,20H,1-8H2,(H,25,26)(H2,21,22,23). The number of hydrogen-bond donors (Lipinski definition) is 4. The van der Waals surface area contributed by atoms with E-state index in [0.717, 1.165) is 55.2 Å². The van der Waals surface area contributed by atoms with Gasteiger partial charge >= 0.3 is 5.97 Å². The predicted octanol–water partition coefficient (Wildman–Crippen LogP) is 2.27. The van der Waals surface area contributed by atoms with Gasteiger partial charge in [-0.2, -0.15) is 0 Å². The fraction of sp³-hybridized carbons (Fsp3) is 0.579. The van der Waals surface area contributed by atoms with Gasteiger partial charge in [0.1, 0.15) is 0 Å². The molecule has 2 aromatic rings. The molecule has 3 aliphatic rings. The first-order valence-electron chi connectivity index (χ1n) is 9.66. The number of nitrogens with zero attached hydrogens (tertiary/aromatic N) is 2. The summed E-state index contributed by atoms with van der Waals surface area (Å²) >= 11 is 0. The summed E-state index contributed by atoms with van der Waals surface area (Å²) in [6, 6.07) is 4.15. The fourth-order valence-corrected chi connectivity index (χ4v) is 5.05. The van der Waals surface area contributed by atoms with Crippen LogP contribution in [0.4, 0.5) is 11.6 Å². The van der Waals surface area contributed by atoms with Crippen LogP contribution in [0.1, 0.15) is 36.0 Å². The van der Waals surface area contributed by atoms with E-state index in [1.54, 1.807) is 6.07 Å². The van der Waals surface area contributed by atoms with Crippen LogP contribution in [-0.4, -0.2) is 53.3 Å². The molecule has 1 aliphatic heterocycles. The number of aromatic nitrogens is 2. The van der Waals surface area contributed by atoms with Gasteiger partial charge in [-0.05, 0) is 43.2 Å². The van der Waals surface area contributed by atoms with Crippen molar-refractivity contribution in [3.05, 3.63) is 17.7 Å². The maximum absolute atomic E-state index is 11.8. The van der Waals surface area contributed by atoms with E-state index in [0.29, 0.717) is 17.1 Å². The Morgan fingerprint density at radius 2 is 2.08 bits per heavy atom. The number of aromatic amines is 1. The van der Waals surface area contributed by atoms with Gasteiger partial charge in [0, 0.05) is 32.2 Å². The molecule has 7 heteroatoms. The third-order valence-corrected chi connectivity index (χ3v) is 6.35. The van der Waals surface area contributed by atoms with Crippen LogP contribution in [-0.2, 0) is 0 Å². The van der Waals surface area contributed by atoms with Gasteiger partial charge in [-0.3, -0.25) is 0 Å². The van der Waals surface area contributed by atoms with Gasteiger partial charge in [-0.15, -0.1) is 0 Å². The van der Waals surface area contributed by atoms with Crippen LogP contribution in [0.3, 0.4) is 0 Å². The lowest BCUT2D eigenvalue weighted by Gasteiger charge is -2.30. The van der Waals surface area contributed by atoms with E-state index in [1.807, 2.05) is 6.07 Å². The Morgan fingerprint density at radius 1 is 1.23 bits per heavy atom. The minimum Gasteiger partial charge on any atom is -0.478 e. The molecule has 0 radical (unpaired) electrons. The van der Waals surface area contributed by atoms with Crippen LogP contribution in [0.2, 0.25) is 0 Å². The summed E-state index contributed by atoms with van der Waals surface area (Å²) in [5.41, 5.74) is 2.72. The zero-order valence-electron chi connectivity index (χ0n) is 14.8. The molecule has 4 N–H and O–H groups in total. The Bertz CT molecular complexity index is 842. The van der Waals surface area contributed by atoms with Gasteiger partial charge in [0.05, 0.1) is 22.3 Å². The van der Waals surface area contributed by atoms with Crippen molar-refractivity contribution in [1.82, 2.24) is 15.3 Å². The molecule has 3 unspecified atom stereocenters. The predicted molar refractivity (Wildman–Crippen MR) is 101 cm³/mol. The summed E-state index contributed by atoms with van der Waals surface area (Å²) in [6.07, 6.45) is 5.26. The van der Waals surface area contributed by atoms with E-state index in [2.05, 4.69) is 25.5 Å². The van der Waals surface area contributed by atoms with Crippen molar-refractivity contribution in [2.75, 3.05) is 36.4 Å². The Balaban J connectivity index is 1.46. The average molecular weight is 355 g/mol. The van der Waals surface area contributed by atoms with E-state index in [-0.39, 0.29) is 0 Å². The highest BCUT2D eigenvalue weighted by atomic mass is 16.4. The van der Waals surface area contributed by atoms with Gasteiger partial charge in [0.2, 0.25) is 5.95 Å². The summed E-state index contributed by atoms with van der Waals surface area (Å²) < 4.78 is 0. The number of anilines is 2. The molecule has 5 rings (SSSR count). The molecule has 1 saturated heterocycles. The second kappa shape index (κ2) is 6.16. The highest BCUT2D eigenvalue weighted by Gasteiger charge is 2.39. The second-order valence-corrected chi connectivity index (χ2v) is 7.94. The lowest BCUT2D eigenvalue weighted by atomic mass is 9.95.